The van der Waals surface area contributed by atoms with Crippen LogP contribution in [0.15, 0.2) is 23.1 Å². The molecule has 1 heterocycles. The molecule has 0 fully saturated rings. The molecule has 0 bridgehead atoms. The first-order valence-corrected chi connectivity index (χ1v) is 7.13. The van der Waals surface area contributed by atoms with Gasteiger partial charge in [-0.3, -0.25) is 9.59 Å². The third-order valence-electron chi connectivity index (χ3n) is 3.17. The highest BCUT2D eigenvalue weighted by atomic mass is 16.4. The minimum Gasteiger partial charge on any atom is -0.480 e. The maximum atomic E-state index is 11.7. The molecule has 0 saturated heterocycles. The number of carbonyl (C=O) groups excluding carboxylic acids is 1. The lowest BCUT2D eigenvalue weighted by Gasteiger charge is -2.13. The van der Waals surface area contributed by atoms with E-state index in [1.807, 2.05) is 19.9 Å². The third kappa shape index (κ3) is 5.81. The normalized spacial score (nSPS) is 11.9. The molecule has 21 heavy (non-hydrogen) atoms. The van der Waals surface area contributed by atoms with Crippen LogP contribution < -0.4 is 10.9 Å². The van der Waals surface area contributed by atoms with Crippen molar-refractivity contribution < 1.29 is 14.7 Å². The van der Waals surface area contributed by atoms with Crippen LogP contribution in [0.2, 0.25) is 0 Å². The Morgan fingerprint density at radius 2 is 2.14 bits per heavy atom. The number of aromatic nitrogens is 1. The molecule has 0 aliphatic heterocycles. The van der Waals surface area contributed by atoms with Crippen molar-refractivity contribution in [2.75, 3.05) is 0 Å². The minimum atomic E-state index is -1.01. The van der Waals surface area contributed by atoms with E-state index in [-0.39, 0.29) is 17.9 Å². The Bertz CT molecular complexity index is 551. The number of carboxylic acids is 1. The van der Waals surface area contributed by atoms with Gasteiger partial charge in [-0.1, -0.05) is 13.3 Å². The van der Waals surface area contributed by atoms with E-state index in [2.05, 4.69) is 5.32 Å². The third-order valence-corrected chi connectivity index (χ3v) is 3.17. The highest BCUT2D eigenvalue weighted by Crippen LogP contribution is 2.00. The summed E-state index contributed by atoms with van der Waals surface area (Å²) >= 11 is 0. The van der Waals surface area contributed by atoms with Crippen molar-refractivity contribution in [3.8, 4) is 0 Å². The molecule has 1 atom stereocenters. The molecule has 1 rings (SSSR count). The molecular weight excluding hydrogens is 272 g/mol. The van der Waals surface area contributed by atoms with Crippen LogP contribution in [-0.2, 0) is 16.1 Å². The van der Waals surface area contributed by atoms with Crippen LogP contribution in [0, 0.1) is 6.92 Å². The molecule has 0 aliphatic carbocycles. The smallest absolute Gasteiger partial charge is 0.326 e. The van der Waals surface area contributed by atoms with Crippen LogP contribution in [0.5, 0.6) is 0 Å². The van der Waals surface area contributed by atoms with E-state index in [1.165, 1.54) is 0 Å². The molecule has 0 radical (unpaired) electrons. The summed E-state index contributed by atoms with van der Waals surface area (Å²) in [6, 6.07) is 2.55. The van der Waals surface area contributed by atoms with Gasteiger partial charge < -0.3 is 15.0 Å². The van der Waals surface area contributed by atoms with Gasteiger partial charge in [-0.15, -0.1) is 0 Å². The number of aryl methyl sites for hydroxylation is 2. The number of nitrogens with one attached hydrogen (secondary N) is 1. The first-order chi connectivity index (χ1) is 9.93. The monoisotopic (exact) mass is 294 g/mol. The van der Waals surface area contributed by atoms with Crippen molar-refractivity contribution in [1.82, 2.24) is 9.88 Å². The number of amides is 1. The quantitative estimate of drug-likeness (QED) is 0.756. The van der Waals surface area contributed by atoms with Crippen molar-refractivity contribution in [3.63, 3.8) is 0 Å². The Balaban J connectivity index is 2.42. The van der Waals surface area contributed by atoms with E-state index in [0.29, 0.717) is 25.8 Å². The van der Waals surface area contributed by atoms with Crippen LogP contribution in [0.4, 0.5) is 0 Å². The van der Waals surface area contributed by atoms with Gasteiger partial charge in [-0.2, -0.15) is 0 Å². The van der Waals surface area contributed by atoms with Crippen molar-refractivity contribution in [2.45, 2.75) is 52.1 Å². The standard InChI is InChI=1S/C15H22N2O4/c1-3-5-12(15(20)21)16-13(18)6-4-8-17-9-7-11(2)10-14(17)19/h7,9-10,12H,3-6,8H2,1-2H3,(H,16,18)(H,20,21). The van der Waals surface area contributed by atoms with Crippen molar-refractivity contribution in [1.29, 1.82) is 0 Å². The Morgan fingerprint density at radius 1 is 1.43 bits per heavy atom. The summed E-state index contributed by atoms with van der Waals surface area (Å²) < 4.78 is 1.54. The molecule has 6 nitrogen and oxygen atoms in total. The molecule has 0 aromatic carbocycles. The zero-order chi connectivity index (χ0) is 15.8. The lowest BCUT2D eigenvalue weighted by molar-refractivity contribution is -0.142. The number of carbonyl (C=O) groups is 2. The fraction of sp³-hybridized carbons (Fsp3) is 0.533. The fourth-order valence-corrected chi connectivity index (χ4v) is 2.01. The summed E-state index contributed by atoms with van der Waals surface area (Å²) in [5.41, 5.74) is 0.808. The van der Waals surface area contributed by atoms with Gasteiger partial charge in [0.15, 0.2) is 0 Å². The Kier molecular flexibility index (Phi) is 6.65. The van der Waals surface area contributed by atoms with Gasteiger partial charge >= 0.3 is 5.97 Å². The van der Waals surface area contributed by atoms with Gasteiger partial charge in [0.2, 0.25) is 5.91 Å². The maximum absolute atomic E-state index is 11.7. The van der Waals surface area contributed by atoms with Gasteiger partial charge in [0.05, 0.1) is 0 Å². The van der Waals surface area contributed by atoms with E-state index in [1.54, 1.807) is 16.8 Å². The highest BCUT2D eigenvalue weighted by molar-refractivity contribution is 5.83. The number of rotatable bonds is 8. The summed E-state index contributed by atoms with van der Waals surface area (Å²) in [6.07, 6.45) is 3.50. The van der Waals surface area contributed by atoms with Crippen LogP contribution in [0.25, 0.3) is 0 Å². The van der Waals surface area contributed by atoms with Gasteiger partial charge in [0.1, 0.15) is 6.04 Å². The zero-order valence-electron chi connectivity index (χ0n) is 12.5. The average molecular weight is 294 g/mol. The molecule has 0 saturated carbocycles. The molecule has 1 aromatic heterocycles. The Labute approximate surface area is 123 Å². The van der Waals surface area contributed by atoms with Crippen molar-refractivity contribution in [2.24, 2.45) is 0 Å². The van der Waals surface area contributed by atoms with Crippen LogP contribution in [0.3, 0.4) is 0 Å². The first kappa shape index (κ1) is 16.9. The Morgan fingerprint density at radius 3 is 2.71 bits per heavy atom. The number of carboxylic acid groups (broad SMARTS) is 1. The molecule has 6 heteroatoms. The second-order valence-corrected chi connectivity index (χ2v) is 5.09. The molecule has 0 aliphatic rings. The number of hydrogen-bond donors (Lipinski definition) is 2. The second kappa shape index (κ2) is 8.24. The number of hydrogen-bond acceptors (Lipinski definition) is 3. The SMILES string of the molecule is CCCC(NC(=O)CCCn1ccc(C)cc1=O)C(=O)O. The molecule has 0 spiro atoms. The van der Waals surface area contributed by atoms with Crippen LogP contribution in [-0.4, -0.2) is 27.6 Å². The van der Waals surface area contributed by atoms with Crippen LogP contribution >= 0.6 is 0 Å². The van der Waals surface area contributed by atoms with E-state index < -0.39 is 12.0 Å². The summed E-state index contributed by atoms with van der Waals surface area (Å²) in [7, 11) is 0. The fourth-order valence-electron chi connectivity index (χ4n) is 2.01. The van der Waals surface area contributed by atoms with E-state index in [0.717, 1.165) is 5.56 Å². The summed E-state index contributed by atoms with van der Waals surface area (Å²) in [4.78, 5) is 34.3. The molecule has 2 N–H and O–H groups in total. The molecule has 116 valence electrons. The van der Waals surface area contributed by atoms with Gasteiger partial charge in [-0.25, -0.2) is 4.79 Å². The number of nitrogens with zero attached hydrogens (tertiary/aromatic N) is 1. The predicted octanol–water partition coefficient (Wildman–Crippen LogP) is 1.31. The lowest BCUT2D eigenvalue weighted by atomic mass is 10.1. The lowest BCUT2D eigenvalue weighted by Crippen LogP contribution is -2.40. The van der Waals surface area contributed by atoms with Gasteiger partial charge in [-0.05, 0) is 31.4 Å². The largest absolute Gasteiger partial charge is 0.480 e. The minimum absolute atomic E-state index is 0.0928. The summed E-state index contributed by atoms with van der Waals surface area (Å²) in [5, 5.41) is 11.5. The Hall–Kier alpha value is -2.11. The number of aliphatic carboxylic acids is 1. The topological polar surface area (TPSA) is 88.4 Å². The molecule has 1 aromatic rings. The first-order valence-electron chi connectivity index (χ1n) is 7.13. The average Bonchev–Trinajstić information content (AvgIpc) is 2.40. The summed E-state index contributed by atoms with van der Waals surface area (Å²) in [6.45, 7) is 4.16. The summed E-state index contributed by atoms with van der Waals surface area (Å²) in [5.74, 6) is -1.31. The number of pyridine rings is 1. The van der Waals surface area contributed by atoms with E-state index >= 15 is 0 Å². The molecule has 1 unspecified atom stereocenters. The van der Waals surface area contributed by atoms with Crippen LogP contribution in [0.1, 0.15) is 38.2 Å². The molecule has 1 amide bonds. The van der Waals surface area contributed by atoms with Gasteiger partial charge in [0, 0.05) is 25.2 Å². The van der Waals surface area contributed by atoms with E-state index in [4.69, 9.17) is 5.11 Å². The van der Waals surface area contributed by atoms with Gasteiger partial charge in [0.25, 0.3) is 5.56 Å². The van der Waals surface area contributed by atoms with Crippen molar-refractivity contribution in [3.05, 3.63) is 34.2 Å². The predicted molar refractivity (Wildman–Crippen MR) is 79.1 cm³/mol. The zero-order valence-corrected chi connectivity index (χ0v) is 12.5. The second-order valence-electron chi connectivity index (χ2n) is 5.09. The van der Waals surface area contributed by atoms with Crippen molar-refractivity contribution >= 4 is 11.9 Å². The highest BCUT2D eigenvalue weighted by Gasteiger charge is 2.18. The maximum Gasteiger partial charge on any atom is 0.326 e. The molecular formula is C15H22N2O4. The van der Waals surface area contributed by atoms with E-state index in [9.17, 15) is 14.4 Å².